The molecule has 1 aliphatic carbocycles. The van der Waals surface area contributed by atoms with E-state index < -0.39 is 0 Å². The van der Waals surface area contributed by atoms with Gasteiger partial charge in [0.25, 0.3) is 0 Å². The highest BCUT2D eigenvalue weighted by Crippen LogP contribution is 2.26. The maximum Gasteiger partial charge on any atom is 0.227 e. The average molecular weight is 249 g/mol. The van der Waals surface area contributed by atoms with Crippen molar-refractivity contribution < 1.29 is 9.53 Å². The van der Waals surface area contributed by atoms with Crippen molar-refractivity contribution in [2.45, 2.75) is 38.1 Å². The van der Waals surface area contributed by atoms with Crippen LogP contribution in [0.1, 0.15) is 38.1 Å². The van der Waals surface area contributed by atoms with Gasteiger partial charge in [0, 0.05) is 18.7 Å². The van der Waals surface area contributed by atoms with Crippen LogP contribution in [-0.2, 0) is 9.53 Å². The number of nitrogens with one attached hydrogen (secondary N) is 1. The number of ether oxygens (including phenoxy) is 1. The zero-order chi connectivity index (χ0) is 12.4. The molecule has 1 saturated heterocycles. The van der Waals surface area contributed by atoms with Gasteiger partial charge < -0.3 is 10.1 Å². The fraction of sp³-hybridized carbons (Fsp3) is 0.692. The molecule has 1 aromatic heterocycles. The molecule has 2 fully saturated rings. The highest BCUT2D eigenvalue weighted by molar-refractivity contribution is 5.92. The average Bonchev–Trinajstić information content (AvgIpc) is 3.12. The highest BCUT2D eigenvalue weighted by atomic mass is 16.5. The molecule has 1 amide bonds. The number of aromatic nitrogens is 2. The summed E-state index contributed by atoms with van der Waals surface area (Å²) in [4.78, 5) is 12.0. The van der Waals surface area contributed by atoms with Crippen LogP contribution in [0.4, 0.5) is 5.69 Å². The molecular formula is C13H19N3O2. The minimum absolute atomic E-state index is 0.148. The van der Waals surface area contributed by atoms with Gasteiger partial charge in [0.15, 0.2) is 0 Å². The highest BCUT2D eigenvalue weighted by Gasteiger charge is 2.23. The van der Waals surface area contributed by atoms with Gasteiger partial charge in [-0.2, -0.15) is 5.10 Å². The third kappa shape index (κ3) is 2.41. The van der Waals surface area contributed by atoms with Crippen LogP contribution in [0.2, 0.25) is 0 Å². The lowest BCUT2D eigenvalue weighted by Gasteiger charge is -2.09. The van der Waals surface area contributed by atoms with Gasteiger partial charge in [-0.15, -0.1) is 0 Å². The lowest BCUT2D eigenvalue weighted by molar-refractivity contribution is -0.119. The maximum atomic E-state index is 12.0. The molecule has 2 aliphatic rings. The zero-order valence-corrected chi connectivity index (χ0v) is 10.5. The van der Waals surface area contributed by atoms with E-state index in [9.17, 15) is 4.79 Å². The third-order valence-electron chi connectivity index (χ3n) is 3.87. The second-order valence-electron chi connectivity index (χ2n) is 5.20. The van der Waals surface area contributed by atoms with Crippen molar-refractivity contribution in [1.29, 1.82) is 0 Å². The summed E-state index contributed by atoms with van der Waals surface area (Å²) in [5.41, 5.74) is 0.804. The SMILES string of the molecule is O=C(Nc1cnn([C@H]2CCOC2)c1)C1CCCC1. The van der Waals surface area contributed by atoms with Crippen LogP contribution in [0.5, 0.6) is 0 Å². The molecule has 1 N–H and O–H groups in total. The molecular weight excluding hydrogens is 230 g/mol. The Labute approximate surface area is 107 Å². The van der Waals surface area contributed by atoms with E-state index in [4.69, 9.17) is 4.74 Å². The first-order chi connectivity index (χ1) is 8.83. The van der Waals surface area contributed by atoms with E-state index in [0.717, 1.165) is 38.2 Å². The number of anilines is 1. The molecule has 0 bridgehead atoms. The van der Waals surface area contributed by atoms with Crippen LogP contribution in [-0.4, -0.2) is 28.9 Å². The molecule has 1 saturated carbocycles. The Kier molecular flexibility index (Phi) is 3.32. The first-order valence-electron chi connectivity index (χ1n) is 6.76. The van der Waals surface area contributed by atoms with Crippen molar-refractivity contribution in [2.24, 2.45) is 5.92 Å². The first kappa shape index (κ1) is 11.7. The van der Waals surface area contributed by atoms with Crippen molar-refractivity contribution >= 4 is 11.6 Å². The Morgan fingerprint density at radius 3 is 2.94 bits per heavy atom. The Morgan fingerprint density at radius 2 is 2.22 bits per heavy atom. The van der Waals surface area contributed by atoms with Gasteiger partial charge in [-0.3, -0.25) is 9.48 Å². The molecule has 0 aromatic carbocycles. The predicted octanol–water partition coefficient (Wildman–Crippen LogP) is 1.97. The number of carbonyl (C=O) groups excluding carboxylic acids is 1. The van der Waals surface area contributed by atoms with Crippen LogP contribution in [0.3, 0.4) is 0 Å². The van der Waals surface area contributed by atoms with Crippen molar-refractivity contribution in [1.82, 2.24) is 9.78 Å². The van der Waals surface area contributed by atoms with E-state index in [-0.39, 0.29) is 11.8 Å². The molecule has 0 unspecified atom stereocenters. The van der Waals surface area contributed by atoms with E-state index in [0.29, 0.717) is 6.04 Å². The molecule has 18 heavy (non-hydrogen) atoms. The molecule has 0 spiro atoms. The molecule has 1 aromatic rings. The molecule has 5 nitrogen and oxygen atoms in total. The number of rotatable bonds is 3. The van der Waals surface area contributed by atoms with Gasteiger partial charge in [0.1, 0.15) is 0 Å². The lowest BCUT2D eigenvalue weighted by atomic mass is 10.1. The van der Waals surface area contributed by atoms with Gasteiger partial charge >= 0.3 is 0 Å². The van der Waals surface area contributed by atoms with Crippen LogP contribution >= 0.6 is 0 Å². The van der Waals surface area contributed by atoms with E-state index in [1.807, 2.05) is 10.9 Å². The summed E-state index contributed by atoms with van der Waals surface area (Å²) in [6.45, 7) is 1.52. The van der Waals surface area contributed by atoms with Gasteiger partial charge in [0.05, 0.1) is 24.5 Å². The fourth-order valence-corrected chi connectivity index (χ4v) is 2.77. The monoisotopic (exact) mass is 249 g/mol. The summed E-state index contributed by atoms with van der Waals surface area (Å²) in [5.74, 6) is 0.345. The Morgan fingerprint density at radius 1 is 1.39 bits per heavy atom. The standard InChI is InChI=1S/C13H19N3O2/c17-13(10-3-1-2-4-10)15-11-7-14-16(8-11)12-5-6-18-9-12/h7-8,10,12H,1-6,9H2,(H,15,17)/t12-/m0/s1. The van der Waals surface area contributed by atoms with E-state index in [2.05, 4.69) is 10.4 Å². The molecule has 1 atom stereocenters. The van der Waals surface area contributed by atoms with Crippen LogP contribution in [0.15, 0.2) is 12.4 Å². The normalized spacial score (nSPS) is 24.6. The van der Waals surface area contributed by atoms with Gasteiger partial charge in [-0.25, -0.2) is 0 Å². The van der Waals surface area contributed by atoms with Crippen molar-refractivity contribution in [3.05, 3.63) is 12.4 Å². The minimum Gasteiger partial charge on any atom is -0.379 e. The maximum absolute atomic E-state index is 12.0. The van der Waals surface area contributed by atoms with Gasteiger partial charge in [-0.1, -0.05) is 12.8 Å². The second-order valence-corrected chi connectivity index (χ2v) is 5.20. The number of hydrogen-bond donors (Lipinski definition) is 1. The quantitative estimate of drug-likeness (QED) is 0.891. The van der Waals surface area contributed by atoms with E-state index in [1.54, 1.807) is 6.20 Å². The fourth-order valence-electron chi connectivity index (χ4n) is 2.77. The van der Waals surface area contributed by atoms with Crippen molar-refractivity contribution in [2.75, 3.05) is 18.5 Å². The molecule has 3 rings (SSSR count). The minimum atomic E-state index is 0.148. The summed E-state index contributed by atoms with van der Waals surface area (Å²) in [5, 5.41) is 7.26. The van der Waals surface area contributed by atoms with E-state index in [1.165, 1.54) is 12.8 Å². The molecule has 5 heteroatoms. The lowest BCUT2D eigenvalue weighted by Crippen LogP contribution is -2.20. The molecule has 1 aliphatic heterocycles. The topological polar surface area (TPSA) is 56.2 Å². The van der Waals surface area contributed by atoms with Crippen molar-refractivity contribution in [3.63, 3.8) is 0 Å². The Hall–Kier alpha value is -1.36. The number of amides is 1. The summed E-state index contributed by atoms with van der Waals surface area (Å²) in [6.07, 6.45) is 9.04. The second kappa shape index (κ2) is 5.10. The largest absolute Gasteiger partial charge is 0.379 e. The zero-order valence-electron chi connectivity index (χ0n) is 10.5. The Bertz CT molecular complexity index is 418. The van der Waals surface area contributed by atoms with Crippen LogP contribution < -0.4 is 5.32 Å². The number of carbonyl (C=O) groups is 1. The van der Waals surface area contributed by atoms with Gasteiger partial charge in [-0.05, 0) is 19.3 Å². The number of nitrogens with zero attached hydrogens (tertiary/aromatic N) is 2. The smallest absolute Gasteiger partial charge is 0.227 e. The van der Waals surface area contributed by atoms with Crippen LogP contribution in [0.25, 0.3) is 0 Å². The van der Waals surface area contributed by atoms with Crippen molar-refractivity contribution in [3.8, 4) is 0 Å². The van der Waals surface area contributed by atoms with E-state index >= 15 is 0 Å². The molecule has 2 heterocycles. The molecule has 0 radical (unpaired) electrons. The molecule has 98 valence electrons. The third-order valence-corrected chi connectivity index (χ3v) is 3.87. The predicted molar refractivity (Wildman–Crippen MR) is 67.3 cm³/mol. The van der Waals surface area contributed by atoms with Gasteiger partial charge in [0.2, 0.25) is 5.91 Å². The summed E-state index contributed by atoms with van der Waals surface area (Å²) < 4.78 is 7.24. The van der Waals surface area contributed by atoms with Crippen LogP contribution in [0, 0.1) is 5.92 Å². The summed E-state index contributed by atoms with van der Waals surface area (Å²) in [7, 11) is 0. The number of hydrogen-bond acceptors (Lipinski definition) is 3. The Balaban J connectivity index is 1.60. The first-order valence-corrected chi connectivity index (χ1v) is 6.76. The summed E-state index contributed by atoms with van der Waals surface area (Å²) in [6, 6.07) is 0.321. The summed E-state index contributed by atoms with van der Waals surface area (Å²) >= 11 is 0.